The van der Waals surface area contributed by atoms with Gasteiger partial charge in [-0.25, -0.2) is 0 Å². The van der Waals surface area contributed by atoms with E-state index in [4.69, 9.17) is 9.84 Å². The maximum Gasteiger partial charge on any atom is 0.265 e. The first-order chi connectivity index (χ1) is 9.06. The second kappa shape index (κ2) is 6.04. The van der Waals surface area contributed by atoms with Crippen LogP contribution in [0, 0.1) is 0 Å². The van der Waals surface area contributed by atoms with Crippen LogP contribution in [0.5, 0.6) is 5.75 Å². The van der Waals surface area contributed by atoms with Crippen molar-refractivity contribution in [3.05, 3.63) is 23.8 Å². The van der Waals surface area contributed by atoms with E-state index in [1.165, 1.54) is 0 Å². The number of aliphatic hydroxyl groups excluding tert-OH is 1. The fraction of sp³-hybridized carbons (Fsp3) is 0.500. The number of ether oxygens (including phenoxy) is 1. The lowest BCUT2D eigenvalue weighted by Crippen LogP contribution is -2.34. The van der Waals surface area contributed by atoms with Gasteiger partial charge in [-0.2, -0.15) is 0 Å². The minimum absolute atomic E-state index is 0.114. The highest BCUT2D eigenvalue weighted by Gasteiger charge is 2.23. The van der Waals surface area contributed by atoms with Crippen molar-refractivity contribution in [3.8, 4) is 5.75 Å². The van der Waals surface area contributed by atoms with Crippen molar-refractivity contribution in [2.45, 2.75) is 32.5 Å². The molecule has 1 aliphatic rings. The molecule has 0 spiro atoms. The fourth-order valence-electron chi connectivity index (χ4n) is 1.96. The average molecular weight is 264 g/mol. The highest BCUT2D eigenvalue weighted by atomic mass is 16.5. The van der Waals surface area contributed by atoms with Gasteiger partial charge < -0.3 is 20.5 Å². The molecule has 2 atom stereocenters. The molecule has 1 aliphatic heterocycles. The first-order valence-corrected chi connectivity index (χ1v) is 6.55. The summed E-state index contributed by atoms with van der Waals surface area (Å²) in [5.74, 6) is 0.602. The van der Waals surface area contributed by atoms with Gasteiger partial charge in [0.25, 0.3) is 5.91 Å². The number of hydrogen-bond acceptors (Lipinski definition) is 4. The second-order valence-electron chi connectivity index (χ2n) is 4.88. The fourth-order valence-corrected chi connectivity index (χ4v) is 1.96. The third-order valence-corrected chi connectivity index (χ3v) is 3.01. The van der Waals surface area contributed by atoms with Crippen molar-refractivity contribution in [3.63, 3.8) is 0 Å². The van der Waals surface area contributed by atoms with Gasteiger partial charge in [0.2, 0.25) is 0 Å². The van der Waals surface area contributed by atoms with Gasteiger partial charge in [-0.3, -0.25) is 4.79 Å². The summed E-state index contributed by atoms with van der Waals surface area (Å²) in [5, 5.41) is 15.1. The smallest absolute Gasteiger partial charge is 0.265 e. The number of fused-ring (bicyclic) bond motifs is 1. The molecule has 0 saturated heterocycles. The van der Waals surface area contributed by atoms with Crippen molar-refractivity contribution < 1.29 is 14.6 Å². The number of aliphatic hydroxyl groups is 1. The Bertz CT molecular complexity index is 460. The Morgan fingerprint density at radius 1 is 1.53 bits per heavy atom. The molecule has 0 radical (unpaired) electrons. The van der Waals surface area contributed by atoms with Crippen molar-refractivity contribution in [2.75, 3.05) is 18.4 Å². The molecule has 1 heterocycles. The summed E-state index contributed by atoms with van der Waals surface area (Å²) >= 11 is 0. The average Bonchev–Trinajstić information content (AvgIpc) is 2.36. The summed E-state index contributed by atoms with van der Waals surface area (Å²) in [7, 11) is 0. The summed E-state index contributed by atoms with van der Waals surface area (Å²) in [6.45, 7) is 4.85. The molecule has 2 unspecified atom stereocenters. The van der Waals surface area contributed by atoms with E-state index in [1.54, 1.807) is 13.8 Å². The molecule has 0 aromatic heterocycles. The van der Waals surface area contributed by atoms with Gasteiger partial charge in [-0.05, 0) is 44.5 Å². The van der Waals surface area contributed by atoms with E-state index in [1.807, 2.05) is 18.2 Å². The van der Waals surface area contributed by atoms with Crippen LogP contribution in [0.1, 0.15) is 19.4 Å². The first kappa shape index (κ1) is 13.8. The van der Waals surface area contributed by atoms with E-state index < -0.39 is 6.10 Å². The van der Waals surface area contributed by atoms with Crippen LogP contribution in [0.4, 0.5) is 5.69 Å². The minimum atomic E-state index is -0.439. The highest BCUT2D eigenvalue weighted by Crippen LogP contribution is 2.30. The van der Waals surface area contributed by atoms with Crippen LogP contribution in [0.25, 0.3) is 0 Å². The standard InChI is InChI=1S/C14H20N2O3/c1-9(17)8-15-6-5-11-3-4-13-12(7-11)16-14(18)10(2)19-13/h3-4,7,9-10,15,17H,5-6,8H2,1-2H3,(H,16,18). The van der Waals surface area contributed by atoms with E-state index in [0.717, 1.165) is 24.2 Å². The Labute approximate surface area is 113 Å². The Morgan fingerprint density at radius 3 is 3.05 bits per heavy atom. The van der Waals surface area contributed by atoms with Crippen LogP contribution in [-0.2, 0) is 11.2 Å². The molecule has 5 nitrogen and oxygen atoms in total. The van der Waals surface area contributed by atoms with Crippen LogP contribution in [-0.4, -0.2) is 36.3 Å². The number of carbonyl (C=O) groups is 1. The lowest BCUT2D eigenvalue weighted by atomic mass is 10.1. The molecule has 1 aromatic carbocycles. The zero-order valence-electron chi connectivity index (χ0n) is 11.3. The molecule has 3 N–H and O–H groups in total. The van der Waals surface area contributed by atoms with Gasteiger partial charge in [-0.1, -0.05) is 6.07 Å². The maximum absolute atomic E-state index is 11.5. The number of rotatable bonds is 5. The predicted molar refractivity (Wildman–Crippen MR) is 73.4 cm³/mol. The van der Waals surface area contributed by atoms with Crippen LogP contribution in [0.3, 0.4) is 0 Å². The topological polar surface area (TPSA) is 70.6 Å². The lowest BCUT2D eigenvalue weighted by molar-refractivity contribution is -0.122. The molecular formula is C14H20N2O3. The van der Waals surface area contributed by atoms with Crippen LogP contribution >= 0.6 is 0 Å². The Morgan fingerprint density at radius 2 is 2.32 bits per heavy atom. The summed E-state index contributed by atoms with van der Waals surface area (Å²) in [4.78, 5) is 11.5. The monoisotopic (exact) mass is 264 g/mol. The largest absolute Gasteiger partial charge is 0.479 e. The van der Waals surface area contributed by atoms with E-state index in [9.17, 15) is 4.79 Å². The Balaban J connectivity index is 1.94. The molecule has 0 bridgehead atoms. The zero-order valence-corrected chi connectivity index (χ0v) is 11.3. The van der Waals surface area contributed by atoms with E-state index >= 15 is 0 Å². The van der Waals surface area contributed by atoms with Crippen molar-refractivity contribution >= 4 is 11.6 Å². The number of benzene rings is 1. The van der Waals surface area contributed by atoms with Crippen LogP contribution in [0.15, 0.2) is 18.2 Å². The summed E-state index contributed by atoms with van der Waals surface area (Å²) in [5.41, 5.74) is 1.85. The van der Waals surface area contributed by atoms with Gasteiger partial charge >= 0.3 is 0 Å². The molecule has 5 heteroatoms. The van der Waals surface area contributed by atoms with Gasteiger partial charge in [0.15, 0.2) is 6.10 Å². The van der Waals surface area contributed by atoms with Crippen molar-refractivity contribution in [1.82, 2.24) is 5.32 Å². The molecular weight excluding hydrogens is 244 g/mol. The van der Waals surface area contributed by atoms with E-state index in [0.29, 0.717) is 12.3 Å². The summed E-state index contributed by atoms with van der Waals surface area (Å²) < 4.78 is 5.50. The van der Waals surface area contributed by atoms with Gasteiger partial charge in [-0.15, -0.1) is 0 Å². The van der Waals surface area contributed by atoms with Crippen LogP contribution < -0.4 is 15.4 Å². The number of amides is 1. The molecule has 0 saturated carbocycles. The molecule has 0 fully saturated rings. The number of carbonyl (C=O) groups excluding carboxylic acids is 1. The summed E-state index contributed by atoms with van der Waals surface area (Å²) in [6, 6.07) is 5.81. The maximum atomic E-state index is 11.5. The molecule has 0 aliphatic carbocycles. The number of nitrogens with one attached hydrogen (secondary N) is 2. The third-order valence-electron chi connectivity index (χ3n) is 3.01. The molecule has 104 valence electrons. The Kier molecular flexibility index (Phi) is 4.39. The third kappa shape index (κ3) is 3.68. The zero-order chi connectivity index (χ0) is 13.8. The highest BCUT2D eigenvalue weighted by molar-refractivity contribution is 5.97. The normalized spacial score (nSPS) is 19.3. The molecule has 1 aromatic rings. The molecule has 2 rings (SSSR count). The second-order valence-corrected chi connectivity index (χ2v) is 4.88. The van der Waals surface area contributed by atoms with Crippen molar-refractivity contribution in [2.24, 2.45) is 0 Å². The lowest BCUT2D eigenvalue weighted by Gasteiger charge is -2.23. The molecule has 19 heavy (non-hydrogen) atoms. The summed E-state index contributed by atoms with van der Waals surface area (Å²) in [6.07, 6.45) is 0.0644. The minimum Gasteiger partial charge on any atom is -0.479 e. The van der Waals surface area contributed by atoms with E-state index in [2.05, 4.69) is 10.6 Å². The van der Waals surface area contributed by atoms with Crippen LogP contribution in [0.2, 0.25) is 0 Å². The van der Waals surface area contributed by atoms with Gasteiger partial charge in [0.1, 0.15) is 5.75 Å². The van der Waals surface area contributed by atoms with Gasteiger partial charge in [0, 0.05) is 6.54 Å². The van der Waals surface area contributed by atoms with Crippen molar-refractivity contribution in [1.29, 1.82) is 0 Å². The SMILES string of the molecule is CC(O)CNCCc1ccc2c(c1)NC(=O)C(C)O2. The Hall–Kier alpha value is -1.59. The number of anilines is 1. The van der Waals surface area contributed by atoms with Gasteiger partial charge in [0.05, 0.1) is 11.8 Å². The van der Waals surface area contributed by atoms with E-state index in [-0.39, 0.29) is 12.0 Å². The molecule has 1 amide bonds. The quantitative estimate of drug-likeness (QED) is 0.692. The first-order valence-electron chi connectivity index (χ1n) is 6.55. The number of hydrogen-bond donors (Lipinski definition) is 3. The predicted octanol–water partition coefficient (Wildman–Crippen LogP) is 0.919.